The first kappa shape index (κ1) is 26.5. The number of rotatable bonds is 4. The lowest BCUT2D eigenvalue weighted by molar-refractivity contribution is 0.0240. The van der Waals surface area contributed by atoms with E-state index in [9.17, 15) is 14.3 Å². The first-order chi connectivity index (χ1) is 18.6. The summed E-state index contributed by atoms with van der Waals surface area (Å²) in [6, 6.07) is 16.5. The van der Waals surface area contributed by atoms with Crippen LogP contribution in [-0.4, -0.2) is 58.1 Å². The number of aromatic nitrogens is 2. The van der Waals surface area contributed by atoms with Crippen LogP contribution < -0.4 is 9.64 Å². The molecular weight excluding hydrogens is 523 g/mol. The summed E-state index contributed by atoms with van der Waals surface area (Å²) in [4.78, 5) is 16.2. The Balaban J connectivity index is 1.55. The lowest BCUT2D eigenvalue weighted by Gasteiger charge is -2.36. The summed E-state index contributed by atoms with van der Waals surface area (Å²) >= 11 is 6.68. The van der Waals surface area contributed by atoms with Crippen LogP contribution in [-0.2, 0) is 4.74 Å². The van der Waals surface area contributed by atoms with Crippen molar-refractivity contribution in [3.05, 3.63) is 71.5 Å². The predicted octanol–water partition coefficient (Wildman–Crippen LogP) is 6.64. The van der Waals surface area contributed by atoms with E-state index in [2.05, 4.69) is 10.2 Å². The number of hydrogen-bond acceptors (Lipinski definition) is 7. The normalized spacial score (nSPS) is 14.0. The number of halogens is 2. The Morgan fingerprint density at radius 1 is 0.974 bits per heavy atom. The number of piperazine rings is 1. The SMILES string of the molecule is CC(C)(C)OC(=O)N1CCN(c2nnc(Oc3ccccc3)c3cc(-c4c(O)cccc4F)c(Cl)cc23)CC1. The molecule has 0 unspecified atom stereocenters. The lowest BCUT2D eigenvalue weighted by Crippen LogP contribution is -2.50. The molecule has 2 heterocycles. The molecule has 39 heavy (non-hydrogen) atoms. The fraction of sp³-hybridized carbons (Fsp3) is 0.276. The number of aromatic hydroxyl groups is 1. The minimum atomic E-state index is -0.609. The van der Waals surface area contributed by atoms with Crippen LogP contribution in [0.25, 0.3) is 21.9 Å². The largest absolute Gasteiger partial charge is 0.507 e. The molecule has 0 saturated carbocycles. The second-order valence-corrected chi connectivity index (χ2v) is 10.6. The molecule has 1 N–H and O–H groups in total. The lowest BCUT2D eigenvalue weighted by atomic mass is 10.00. The molecule has 10 heteroatoms. The number of hydrogen-bond donors (Lipinski definition) is 1. The fourth-order valence-corrected chi connectivity index (χ4v) is 4.70. The molecule has 1 aliphatic heterocycles. The summed E-state index contributed by atoms with van der Waals surface area (Å²) < 4.78 is 26.4. The van der Waals surface area contributed by atoms with Gasteiger partial charge in [-0.1, -0.05) is 35.9 Å². The Kier molecular flexibility index (Phi) is 7.18. The van der Waals surface area contributed by atoms with E-state index in [0.29, 0.717) is 54.1 Å². The van der Waals surface area contributed by atoms with Crippen molar-refractivity contribution < 1.29 is 23.8 Å². The summed E-state index contributed by atoms with van der Waals surface area (Å²) in [5, 5.41) is 20.7. The number of para-hydroxylation sites is 1. The number of nitrogens with zero attached hydrogens (tertiary/aromatic N) is 4. The second kappa shape index (κ2) is 10.6. The van der Waals surface area contributed by atoms with Crippen molar-refractivity contribution in [2.45, 2.75) is 26.4 Å². The smallest absolute Gasteiger partial charge is 0.410 e. The second-order valence-electron chi connectivity index (χ2n) is 10.2. The number of anilines is 1. The molecule has 1 aliphatic rings. The van der Waals surface area contributed by atoms with Crippen molar-refractivity contribution >= 4 is 34.3 Å². The van der Waals surface area contributed by atoms with E-state index in [-0.39, 0.29) is 28.3 Å². The van der Waals surface area contributed by atoms with Gasteiger partial charge in [0, 0.05) is 42.2 Å². The van der Waals surface area contributed by atoms with E-state index < -0.39 is 11.4 Å². The Morgan fingerprint density at radius 3 is 2.36 bits per heavy atom. The molecule has 0 radical (unpaired) electrons. The van der Waals surface area contributed by atoms with Crippen molar-refractivity contribution in [1.29, 1.82) is 0 Å². The van der Waals surface area contributed by atoms with E-state index in [0.717, 1.165) is 0 Å². The molecule has 1 saturated heterocycles. The number of phenols is 1. The van der Waals surface area contributed by atoms with E-state index in [1.165, 1.54) is 18.2 Å². The van der Waals surface area contributed by atoms with Crippen LogP contribution >= 0.6 is 11.6 Å². The van der Waals surface area contributed by atoms with Crippen LogP contribution in [0.15, 0.2) is 60.7 Å². The summed E-state index contributed by atoms with van der Waals surface area (Å²) in [6.07, 6.45) is -0.359. The molecule has 5 rings (SSSR count). The third-order valence-corrected chi connectivity index (χ3v) is 6.58. The van der Waals surface area contributed by atoms with Crippen LogP contribution in [0.5, 0.6) is 17.4 Å². The maximum Gasteiger partial charge on any atom is 0.410 e. The first-order valence-electron chi connectivity index (χ1n) is 12.5. The van der Waals surface area contributed by atoms with E-state index in [1.807, 2.05) is 43.9 Å². The Labute approximate surface area is 230 Å². The number of benzene rings is 3. The van der Waals surface area contributed by atoms with E-state index in [1.54, 1.807) is 29.2 Å². The maximum absolute atomic E-state index is 14.8. The Hall–Kier alpha value is -4.11. The summed E-state index contributed by atoms with van der Waals surface area (Å²) in [5.74, 6) is 0.475. The molecule has 0 atom stereocenters. The van der Waals surface area contributed by atoms with Gasteiger partial charge in [-0.2, -0.15) is 0 Å². The standard InChI is InChI=1S/C29H28ClFN4O4/c1-29(2,3)39-28(37)35-14-12-34(13-15-35)26-19-17-22(30)21(25-23(31)10-7-11-24(25)36)16-20(19)27(33-32-26)38-18-8-5-4-6-9-18/h4-11,16-17,36H,12-15H2,1-3H3. The van der Waals surface area contributed by atoms with Crippen LogP contribution in [0.2, 0.25) is 5.02 Å². The Morgan fingerprint density at radius 2 is 1.69 bits per heavy atom. The van der Waals surface area contributed by atoms with Crippen LogP contribution in [0.4, 0.5) is 15.0 Å². The molecule has 3 aromatic carbocycles. The molecule has 1 amide bonds. The van der Waals surface area contributed by atoms with Gasteiger partial charge in [0.05, 0.1) is 10.9 Å². The molecule has 202 valence electrons. The quantitative estimate of drug-likeness (QED) is 0.304. The van der Waals surface area contributed by atoms with Gasteiger partial charge in [0.15, 0.2) is 5.82 Å². The maximum atomic E-state index is 14.8. The monoisotopic (exact) mass is 550 g/mol. The number of fused-ring (bicyclic) bond motifs is 1. The van der Waals surface area contributed by atoms with Crippen molar-refractivity contribution in [1.82, 2.24) is 15.1 Å². The van der Waals surface area contributed by atoms with Crippen molar-refractivity contribution in [3.8, 4) is 28.5 Å². The number of amides is 1. The van der Waals surface area contributed by atoms with Crippen LogP contribution in [0.1, 0.15) is 20.8 Å². The topological polar surface area (TPSA) is 88.0 Å². The van der Waals surface area contributed by atoms with Crippen LogP contribution in [0.3, 0.4) is 0 Å². The molecule has 8 nitrogen and oxygen atoms in total. The third kappa shape index (κ3) is 5.68. The number of carbonyl (C=O) groups excluding carboxylic acids is 1. The van der Waals surface area contributed by atoms with Gasteiger partial charge in [0.1, 0.15) is 22.9 Å². The highest BCUT2D eigenvalue weighted by Crippen LogP contribution is 2.42. The summed E-state index contributed by atoms with van der Waals surface area (Å²) in [5.41, 5.74) is -0.295. The van der Waals surface area contributed by atoms with Crippen molar-refractivity contribution in [2.24, 2.45) is 0 Å². The van der Waals surface area contributed by atoms with Gasteiger partial charge in [-0.15, -0.1) is 10.2 Å². The highest BCUT2D eigenvalue weighted by Gasteiger charge is 2.28. The van der Waals surface area contributed by atoms with Crippen molar-refractivity contribution in [2.75, 3.05) is 31.1 Å². The fourth-order valence-electron chi connectivity index (χ4n) is 4.44. The summed E-state index contributed by atoms with van der Waals surface area (Å²) in [6.45, 7) is 7.37. The summed E-state index contributed by atoms with van der Waals surface area (Å²) in [7, 11) is 0. The predicted molar refractivity (Wildman–Crippen MR) is 148 cm³/mol. The molecule has 1 aromatic heterocycles. The van der Waals surface area contributed by atoms with E-state index >= 15 is 0 Å². The number of ether oxygens (including phenoxy) is 2. The molecule has 0 spiro atoms. The van der Waals surface area contributed by atoms with E-state index in [4.69, 9.17) is 21.1 Å². The Bertz CT molecular complexity index is 1500. The van der Waals surface area contributed by atoms with Gasteiger partial charge >= 0.3 is 6.09 Å². The van der Waals surface area contributed by atoms with Gasteiger partial charge in [-0.3, -0.25) is 0 Å². The molecular formula is C29H28ClFN4O4. The zero-order valence-corrected chi connectivity index (χ0v) is 22.6. The average molecular weight is 551 g/mol. The van der Waals surface area contributed by atoms with Gasteiger partial charge < -0.3 is 24.4 Å². The van der Waals surface area contributed by atoms with Crippen LogP contribution in [0, 0.1) is 5.82 Å². The van der Waals surface area contributed by atoms with Gasteiger partial charge in [-0.05, 0) is 57.2 Å². The number of carbonyl (C=O) groups is 1. The highest BCUT2D eigenvalue weighted by atomic mass is 35.5. The highest BCUT2D eigenvalue weighted by molar-refractivity contribution is 6.34. The van der Waals surface area contributed by atoms with Gasteiger partial charge in [0.25, 0.3) is 0 Å². The first-order valence-corrected chi connectivity index (χ1v) is 12.9. The van der Waals surface area contributed by atoms with Gasteiger partial charge in [0.2, 0.25) is 5.88 Å². The number of phenolic OH excluding ortho intramolecular Hbond substituents is 1. The van der Waals surface area contributed by atoms with Gasteiger partial charge in [-0.25, -0.2) is 9.18 Å². The minimum absolute atomic E-state index is 0.0144. The molecule has 1 fully saturated rings. The zero-order valence-electron chi connectivity index (χ0n) is 21.8. The van der Waals surface area contributed by atoms with Crippen molar-refractivity contribution in [3.63, 3.8) is 0 Å². The molecule has 0 aliphatic carbocycles. The zero-order chi connectivity index (χ0) is 27.7. The molecule has 0 bridgehead atoms. The minimum Gasteiger partial charge on any atom is -0.507 e. The molecule has 4 aromatic rings. The third-order valence-electron chi connectivity index (χ3n) is 6.26. The average Bonchev–Trinajstić information content (AvgIpc) is 2.89.